The molecule has 140 valence electrons. The Balaban J connectivity index is -0.000000303. The number of hydrogen-bond donors (Lipinski definition) is 9. The summed E-state index contributed by atoms with van der Waals surface area (Å²) >= 11 is 0. The van der Waals surface area contributed by atoms with E-state index in [-0.39, 0.29) is 6.29 Å². The number of hydrogen-bond acceptors (Lipinski definition) is 10. The van der Waals surface area contributed by atoms with Gasteiger partial charge >= 0.3 is 16.4 Å². The Morgan fingerprint density at radius 3 is 1.52 bits per heavy atom. The van der Waals surface area contributed by atoms with E-state index in [1.807, 2.05) is 0 Å². The first-order valence-corrected chi connectivity index (χ1v) is 6.97. The molecule has 14 heteroatoms. The number of aliphatic carboxylic acids is 1. The van der Waals surface area contributed by atoms with Gasteiger partial charge in [-0.3, -0.25) is 9.11 Å². The SMILES string of the molecule is CC(O)C(=O)O.O=C[C@H](O)[C@@H](O)[C@H](O)[C@H](O)CO.O=S(=O)(O)O. The summed E-state index contributed by atoms with van der Waals surface area (Å²) in [6, 6.07) is 0. The van der Waals surface area contributed by atoms with Gasteiger partial charge in [0.15, 0.2) is 6.29 Å². The predicted octanol–water partition coefficient (Wildman–Crippen LogP) is -4.58. The fourth-order valence-corrected chi connectivity index (χ4v) is 0.618. The third-order valence-electron chi connectivity index (χ3n) is 1.78. The number of aliphatic hydroxyl groups is 6. The van der Waals surface area contributed by atoms with Crippen molar-refractivity contribution in [3.8, 4) is 0 Å². The molecule has 0 aromatic rings. The minimum absolute atomic E-state index is 0.0258. The van der Waals surface area contributed by atoms with Crippen molar-refractivity contribution in [1.29, 1.82) is 0 Å². The van der Waals surface area contributed by atoms with Crippen LogP contribution >= 0.6 is 0 Å². The van der Waals surface area contributed by atoms with Crippen LogP contribution in [0.15, 0.2) is 0 Å². The summed E-state index contributed by atoms with van der Waals surface area (Å²) in [5, 5.41) is 59.3. The van der Waals surface area contributed by atoms with Crippen molar-refractivity contribution in [3.63, 3.8) is 0 Å². The smallest absolute Gasteiger partial charge is 0.394 e. The van der Waals surface area contributed by atoms with Crippen LogP contribution in [0.25, 0.3) is 0 Å². The van der Waals surface area contributed by atoms with E-state index >= 15 is 0 Å². The topological polar surface area (TPSA) is 250 Å². The van der Waals surface area contributed by atoms with Crippen LogP contribution in [0.1, 0.15) is 6.92 Å². The van der Waals surface area contributed by atoms with Gasteiger partial charge in [-0.15, -0.1) is 0 Å². The lowest BCUT2D eigenvalue weighted by Gasteiger charge is -2.22. The average molecular weight is 368 g/mol. The number of aldehydes is 1. The van der Waals surface area contributed by atoms with E-state index in [0.29, 0.717) is 0 Å². The standard InChI is InChI=1S/C6H12O6.C3H6O3.H2O4S/c7-1-3(9)5(11)6(12)4(10)2-8;1-2(4)3(5)6;1-5(2,3)4/h1,3-6,8-12H,2H2;2,4H,1H3,(H,5,6);(H2,1,2,3,4)/t3-,4+,5+,6+;;/m0../s1. The molecule has 13 nitrogen and oxygen atoms in total. The molecule has 0 aliphatic carbocycles. The lowest BCUT2D eigenvalue weighted by molar-refractivity contribution is -0.145. The number of rotatable bonds is 6. The maximum Gasteiger partial charge on any atom is 0.394 e. The predicted molar refractivity (Wildman–Crippen MR) is 70.7 cm³/mol. The van der Waals surface area contributed by atoms with Crippen LogP contribution in [0, 0.1) is 0 Å². The summed E-state index contributed by atoms with van der Waals surface area (Å²) < 4.78 is 31.6. The summed E-state index contributed by atoms with van der Waals surface area (Å²) in [5.41, 5.74) is 0. The van der Waals surface area contributed by atoms with Gasteiger partial charge in [0.2, 0.25) is 0 Å². The Bertz CT molecular complexity index is 411. The quantitative estimate of drug-likeness (QED) is 0.158. The van der Waals surface area contributed by atoms with Crippen molar-refractivity contribution in [2.75, 3.05) is 6.61 Å². The monoisotopic (exact) mass is 368 g/mol. The zero-order valence-corrected chi connectivity index (χ0v) is 12.6. The largest absolute Gasteiger partial charge is 0.479 e. The molecule has 0 saturated heterocycles. The molecular formula is C9H20O13S. The molecule has 0 aliphatic rings. The van der Waals surface area contributed by atoms with Crippen LogP contribution in [-0.2, 0) is 20.0 Å². The number of carboxylic acid groups (broad SMARTS) is 1. The minimum Gasteiger partial charge on any atom is -0.479 e. The fraction of sp³-hybridized carbons (Fsp3) is 0.778. The molecule has 0 amide bonds. The molecule has 0 heterocycles. The van der Waals surface area contributed by atoms with Gasteiger partial charge in [-0.2, -0.15) is 8.42 Å². The summed E-state index contributed by atoms with van der Waals surface area (Å²) in [7, 11) is -4.67. The van der Waals surface area contributed by atoms with Gasteiger partial charge in [0.1, 0.15) is 30.5 Å². The minimum atomic E-state index is -4.67. The van der Waals surface area contributed by atoms with Crippen molar-refractivity contribution < 1.29 is 62.9 Å². The van der Waals surface area contributed by atoms with E-state index in [1.165, 1.54) is 6.92 Å². The van der Waals surface area contributed by atoms with Crippen LogP contribution in [0.3, 0.4) is 0 Å². The highest BCUT2D eigenvalue weighted by molar-refractivity contribution is 7.79. The van der Waals surface area contributed by atoms with Crippen LogP contribution < -0.4 is 0 Å². The number of carbonyl (C=O) groups excluding carboxylic acids is 1. The zero-order chi connectivity index (χ0) is 19.4. The van der Waals surface area contributed by atoms with Crippen molar-refractivity contribution in [2.24, 2.45) is 0 Å². The van der Waals surface area contributed by atoms with Gasteiger partial charge in [0, 0.05) is 0 Å². The molecule has 1 unspecified atom stereocenters. The Kier molecular flexibility index (Phi) is 15.3. The summed E-state index contributed by atoms with van der Waals surface area (Å²) in [5.74, 6) is -1.19. The maximum atomic E-state index is 9.90. The Morgan fingerprint density at radius 1 is 1.04 bits per heavy atom. The lowest BCUT2D eigenvalue weighted by Crippen LogP contribution is -2.46. The van der Waals surface area contributed by atoms with E-state index in [4.69, 9.17) is 53.3 Å². The molecule has 0 aliphatic heterocycles. The molecule has 0 aromatic carbocycles. The van der Waals surface area contributed by atoms with E-state index in [1.54, 1.807) is 0 Å². The van der Waals surface area contributed by atoms with Crippen LogP contribution in [0.5, 0.6) is 0 Å². The van der Waals surface area contributed by atoms with Gasteiger partial charge in [0.05, 0.1) is 6.61 Å². The number of aliphatic hydroxyl groups excluding tert-OH is 6. The summed E-state index contributed by atoms with van der Waals surface area (Å²) in [4.78, 5) is 19.3. The van der Waals surface area contributed by atoms with Crippen molar-refractivity contribution in [2.45, 2.75) is 37.4 Å². The summed E-state index contributed by atoms with van der Waals surface area (Å²) in [6.07, 6.45) is -8.07. The molecule has 0 saturated carbocycles. The third kappa shape index (κ3) is 20.8. The molecule has 0 radical (unpaired) electrons. The van der Waals surface area contributed by atoms with E-state index in [0.717, 1.165) is 0 Å². The van der Waals surface area contributed by atoms with E-state index in [9.17, 15) is 9.59 Å². The maximum absolute atomic E-state index is 9.90. The zero-order valence-electron chi connectivity index (χ0n) is 11.7. The first-order chi connectivity index (χ1) is 10.2. The normalized spacial score (nSPS) is 17.1. The van der Waals surface area contributed by atoms with Gasteiger partial charge in [-0.1, -0.05) is 0 Å². The van der Waals surface area contributed by atoms with Gasteiger partial charge in [-0.05, 0) is 6.92 Å². The molecule has 0 spiro atoms. The molecule has 5 atom stereocenters. The van der Waals surface area contributed by atoms with Crippen LogP contribution in [-0.4, -0.2) is 103 Å². The van der Waals surface area contributed by atoms with Crippen molar-refractivity contribution >= 4 is 22.7 Å². The highest BCUT2D eigenvalue weighted by Gasteiger charge is 2.29. The Morgan fingerprint density at radius 2 is 1.35 bits per heavy atom. The van der Waals surface area contributed by atoms with Gasteiger partial charge in [-0.25, -0.2) is 4.79 Å². The van der Waals surface area contributed by atoms with Crippen molar-refractivity contribution in [1.82, 2.24) is 0 Å². The highest BCUT2D eigenvalue weighted by atomic mass is 32.3. The molecular weight excluding hydrogens is 348 g/mol. The Hall–Kier alpha value is -1.23. The number of carboxylic acids is 1. The highest BCUT2D eigenvalue weighted by Crippen LogP contribution is 2.02. The first-order valence-electron chi connectivity index (χ1n) is 5.58. The summed E-state index contributed by atoms with van der Waals surface area (Å²) in [6.45, 7) is 0.437. The second-order valence-corrected chi connectivity index (χ2v) is 4.72. The first kappa shape index (κ1) is 26.7. The molecule has 0 rings (SSSR count). The molecule has 0 bridgehead atoms. The van der Waals surface area contributed by atoms with Crippen LogP contribution in [0.4, 0.5) is 0 Å². The van der Waals surface area contributed by atoms with Crippen LogP contribution in [0.2, 0.25) is 0 Å². The molecule has 0 aromatic heterocycles. The molecule has 23 heavy (non-hydrogen) atoms. The molecule has 0 fully saturated rings. The fourth-order valence-electron chi connectivity index (χ4n) is 0.618. The Labute approximate surface area is 130 Å². The second kappa shape index (κ2) is 13.2. The average Bonchev–Trinajstić information content (AvgIpc) is 2.42. The van der Waals surface area contributed by atoms with Crippen molar-refractivity contribution in [3.05, 3.63) is 0 Å². The van der Waals surface area contributed by atoms with E-state index < -0.39 is 53.5 Å². The second-order valence-electron chi connectivity index (χ2n) is 3.82. The van der Waals surface area contributed by atoms with E-state index in [2.05, 4.69) is 0 Å². The lowest BCUT2D eigenvalue weighted by atomic mass is 10.0. The molecule has 9 N–H and O–H groups in total. The third-order valence-corrected chi connectivity index (χ3v) is 1.78. The number of carbonyl (C=O) groups is 2. The van der Waals surface area contributed by atoms with Gasteiger partial charge in [0.25, 0.3) is 0 Å². The van der Waals surface area contributed by atoms with Gasteiger partial charge < -0.3 is 40.5 Å².